The van der Waals surface area contributed by atoms with E-state index in [0.29, 0.717) is 25.6 Å². The predicted octanol–water partition coefficient (Wildman–Crippen LogP) is 2.40. The smallest absolute Gasteiger partial charge is 0.198 e. The van der Waals surface area contributed by atoms with Crippen LogP contribution in [0, 0.1) is 17.8 Å². The van der Waals surface area contributed by atoms with E-state index in [1.54, 1.807) is 7.11 Å². The summed E-state index contributed by atoms with van der Waals surface area (Å²) < 4.78 is 17.9. The Bertz CT molecular complexity index is 518. The molecular weight excluding hydrogens is 320 g/mol. The minimum absolute atomic E-state index is 0.0278. The lowest BCUT2D eigenvalue weighted by Crippen LogP contribution is -2.74. The first kappa shape index (κ1) is 17.9. The van der Waals surface area contributed by atoms with E-state index < -0.39 is 23.1 Å². The van der Waals surface area contributed by atoms with Gasteiger partial charge in [-0.25, -0.2) is 0 Å². The molecule has 0 aromatic heterocycles. The van der Waals surface area contributed by atoms with Gasteiger partial charge in [0, 0.05) is 25.4 Å². The molecule has 0 amide bonds. The van der Waals surface area contributed by atoms with E-state index in [-0.39, 0.29) is 11.8 Å². The number of ether oxygens (including phenoxy) is 3. The fraction of sp³-hybridized carbons (Fsp3) is 0.900. The van der Waals surface area contributed by atoms with Gasteiger partial charge in [0.1, 0.15) is 5.60 Å². The van der Waals surface area contributed by atoms with Crippen LogP contribution in [0.15, 0.2) is 12.2 Å². The van der Waals surface area contributed by atoms with E-state index in [1.165, 1.54) is 12.8 Å². The second kappa shape index (κ2) is 6.31. The normalized spacial score (nSPS) is 43.3. The number of aliphatic hydroxyl groups excluding tert-OH is 1. The summed E-state index contributed by atoms with van der Waals surface area (Å²) in [6.07, 6.45) is 10.3. The van der Waals surface area contributed by atoms with Gasteiger partial charge in [-0.1, -0.05) is 25.0 Å². The highest BCUT2D eigenvalue weighted by atomic mass is 16.8. The molecule has 25 heavy (non-hydrogen) atoms. The second-order valence-corrected chi connectivity index (χ2v) is 8.60. The summed E-state index contributed by atoms with van der Waals surface area (Å²) >= 11 is 0. The van der Waals surface area contributed by atoms with Gasteiger partial charge in [0.25, 0.3) is 0 Å². The van der Waals surface area contributed by atoms with Crippen LogP contribution in [0.3, 0.4) is 0 Å². The van der Waals surface area contributed by atoms with Crippen molar-refractivity contribution in [1.82, 2.24) is 0 Å². The summed E-state index contributed by atoms with van der Waals surface area (Å²) in [5, 5.41) is 21.5. The Hall–Kier alpha value is -0.460. The monoisotopic (exact) mass is 352 g/mol. The average Bonchev–Trinajstić information content (AvgIpc) is 3.27. The summed E-state index contributed by atoms with van der Waals surface area (Å²) in [6, 6.07) is 0. The van der Waals surface area contributed by atoms with E-state index in [2.05, 4.69) is 0 Å². The molecule has 3 aliphatic carbocycles. The van der Waals surface area contributed by atoms with Crippen molar-refractivity contribution in [3.8, 4) is 0 Å². The van der Waals surface area contributed by atoms with Crippen LogP contribution in [0.2, 0.25) is 0 Å². The first-order chi connectivity index (χ1) is 11.9. The molecule has 5 atom stereocenters. The first-order valence-corrected chi connectivity index (χ1v) is 9.87. The average molecular weight is 352 g/mol. The maximum atomic E-state index is 10.9. The largest absolute Gasteiger partial charge is 0.393 e. The van der Waals surface area contributed by atoms with Crippen molar-refractivity contribution in [2.24, 2.45) is 17.8 Å². The van der Waals surface area contributed by atoms with Crippen molar-refractivity contribution >= 4 is 0 Å². The van der Waals surface area contributed by atoms with E-state index in [0.717, 1.165) is 25.7 Å². The number of hydrogen-bond acceptors (Lipinski definition) is 5. The van der Waals surface area contributed by atoms with E-state index in [4.69, 9.17) is 14.2 Å². The molecule has 4 fully saturated rings. The molecule has 1 heterocycles. The lowest BCUT2D eigenvalue weighted by atomic mass is 9.52. The van der Waals surface area contributed by atoms with Crippen molar-refractivity contribution in [3.05, 3.63) is 12.2 Å². The minimum Gasteiger partial charge on any atom is -0.393 e. The fourth-order valence-corrected chi connectivity index (χ4v) is 5.86. The topological polar surface area (TPSA) is 68.2 Å². The van der Waals surface area contributed by atoms with Crippen LogP contribution in [0.1, 0.15) is 51.9 Å². The predicted molar refractivity (Wildman–Crippen MR) is 92.9 cm³/mol. The molecule has 142 valence electrons. The quantitative estimate of drug-likeness (QED) is 0.761. The van der Waals surface area contributed by atoms with Crippen molar-refractivity contribution in [3.63, 3.8) is 0 Å². The molecule has 1 aliphatic heterocycles. The molecule has 0 radical (unpaired) electrons. The third-order valence-corrected chi connectivity index (χ3v) is 7.41. The highest BCUT2D eigenvalue weighted by molar-refractivity contribution is 5.21. The molecule has 1 spiro atoms. The van der Waals surface area contributed by atoms with Crippen molar-refractivity contribution in [2.75, 3.05) is 20.3 Å². The van der Waals surface area contributed by atoms with Gasteiger partial charge in [-0.2, -0.15) is 0 Å². The van der Waals surface area contributed by atoms with Gasteiger partial charge in [0.15, 0.2) is 5.79 Å². The summed E-state index contributed by atoms with van der Waals surface area (Å²) in [6.45, 7) is 3.12. The Labute approximate surface area is 150 Å². The number of hydrogen-bond donors (Lipinski definition) is 2. The van der Waals surface area contributed by atoms with Gasteiger partial charge in [0.2, 0.25) is 0 Å². The van der Waals surface area contributed by atoms with Crippen LogP contribution >= 0.6 is 0 Å². The molecule has 0 aromatic rings. The number of fused-ring (bicyclic) bond motifs is 2. The first-order valence-electron chi connectivity index (χ1n) is 9.87. The van der Waals surface area contributed by atoms with Gasteiger partial charge < -0.3 is 24.4 Å². The Kier molecular flexibility index (Phi) is 4.52. The van der Waals surface area contributed by atoms with Gasteiger partial charge in [0.05, 0.1) is 24.9 Å². The Morgan fingerprint density at radius 3 is 2.48 bits per heavy atom. The molecule has 0 aromatic carbocycles. The molecule has 4 aliphatic rings. The number of methoxy groups -OCH3 is 1. The molecular formula is C20H32O5. The molecule has 4 rings (SSSR count). The standard InChI is InChI=1S/C20H32O5/c1-18(22,14-5-3-4-6-14)9-7-15-16-13-20(24-11-12-25-20)19(16,23-2)10-8-17(15)21/h7,9,14-17,21-22H,3-6,8,10-13H2,1-2H3/b9-7+/t15-,16-,17-,18-,19-/m1/s1. The van der Waals surface area contributed by atoms with E-state index in [1.807, 2.05) is 19.1 Å². The van der Waals surface area contributed by atoms with Crippen LogP contribution < -0.4 is 0 Å². The second-order valence-electron chi connectivity index (χ2n) is 8.60. The van der Waals surface area contributed by atoms with Crippen molar-refractivity contribution < 1.29 is 24.4 Å². The van der Waals surface area contributed by atoms with Crippen LogP contribution in [0.25, 0.3) is 0 Å². The lowest BCUT2D eigenvalue weighted by molar-refractivity contribution is -0.382. The number of aliphatic hydroxyl groups is 2. The summed E-state index contributed by atoms with van der Waals surface area (Å²) in [5.41, 5.74) is -1.28. The molecule has 3 saturated carbocycles. The zero-order chi connectivity index (χ0) is 17.7. The highest BCUT2D eigenvalue weighted by Crippen LogP contribution is 2.62. The Morgan fingerprint density at radius 1 is 1.16 bits per heavy atom. The molecule has 0 unspecified atom stereocenters. The van der Waals surface area contributed by atoms with E-state index in [9.17, 15) is 10.2 Å². The van der Waals surface area contributed by atoms with Gasteiger partial charge in [-0.05, 0) is 38.5 Å². The summed E-state index contributed by atoms with van der Waals surface area (Å²) in [7, 11) is 1.73. The minimum atomic E-state index is -0.800. The molecule has 5 heteroatoms. The van der Waals surface area contributed by atoms with Gasteiger partial charge >= 0.3 is 0 Å². The maximum absolute atomic E-state index is 10.9. The fourth-order valence-electron chi connectivity index (χ4n) is 5.86. The summed E-state index contributed by atoms with van der Waals surface area (Å²) in [4.78, 5) is 0. The van der Waals surface area contributed by atoms with E-state index >= 15 is 0 Å². The van der Waals surface area contributed by atoms with Gasteiger partial charge in [-0.15, -0.1) is 0 Å². The maximum Gasteiger partial charge on any atom is 0.198 e. The third kappa shape index (κ3) is 2.62. The van der Waals surface area contributed by atoms with Crippen LogP contribution in [-0.4, -0.2) is 53.6 Å². The Balaban J connectivity index is 1.54. The zero-order valence-electron chi connectivity index (χ0n) is 15.4. The molecule has 5 nitrogen and oxygen atoms in total. The molecule has 1 saturated heterocycles. The zero-order valence-corrected chi connectivity index (χ0v) is 15.4. The molecule has 2 N–H and O–H groups in total. The highest BCUT2D eigenvalue weighted by Gasteiger charge is 2.73. The van der Waals surface area contributed by atoms with Gasteiger partial charge in [-0.3, -0.25) is 0 Å². The lowest BCUT2D eigenvalue weighted by Gasteiger charge is -2.64. The third-order valence-electron chi connectivity index (χ3n) is 7.41. The summed E-state index contributed by atoms with van der Waals surface area (Å²) in [5.74, 6) is -0.173. The van der Waals surface area contributed by atoms with Crippen LogP contribution in [0.4, 0.5) is 0 Å². The van der Waals surface area contributed by atoms with Crippen molar-refractivity contribution in [2.45, 2.75) is 75.0 Å². The van der Waals surface area contributed by atoms with Crippen LogP contribution in [-0.2, 0) is 14.2 Å². The Morgan fingerprint density at radius 2 is 1.84 bits per heavy atom. The number of rotatable bonds is 4. The van der Waals surface area contributed by atoms with Crippen LogP contribution in [0.5, 0.6) is 0 Å². The molecule has 0 bridgehead atoms. The van der Waals surface area contributed by atoms with Crippen molar-refractivity contribution in [1.29, 1.82) is 0 Å². The SMILES string of the molecule is CO[C@]12CC[C@@H](O)[C@H](/C=C/[C@@](C)(O)C3CCCC3)[C@H]1CC21OCCO1.